The van der Waals surface area contributed by atoms with Gasteiger partial charge in [-0.2, -0.15) is 0 Å². The van der Waals surface area contributed by atoms with Crippen LogP contribution in [0.3, 0.4) is 0 Å². The zero-order chi connectivity index (χ0) is 22.5. The first kappa shape index (κ1) is 22.5. The van der Waals surface area contributed by atoms with Crippen LogP contribution in [0.15, 0.2) is 36.4 Å². The summed E-state index contributed by atoms with van der Waals surface area (Å²) < 4.78 is 0. The maximum atomic E-state index is 12.6. The molecule has 1 aliphatic heterocycles. The van der Waals surface area contributed by atoms with Gasteiger partial charge in [-0.3, -0.25) is 20.2 Å². The molecule has 1 aliphatic rings. The Morgan fingerprint density at radius 2 is 1.87 bits per heavy atom. The van der Waals surface area contributed by atoms with Crippen molar-refractivity contribution in [3.05, 3.63) is 57.6 Å². The van der Waals surface area contributed by atoms with Gasteiger partial charge in [0.15, 0.2) is 5.11 Å². The molecule has 1 saturated heterocycles. The van der Waals surface area contributed by atoms with Crippen molar-refractivity contribution >= 4 is 40.3 Å². The number of piperidine rings is 1. The fourth-order valence-electron chi connectivity index (χ4n) is 3.55. The van der Waals surface area contributed by atoms with Crippen molar-refractivity contribution in [1.82, 2.24) is 5.32 Å². The number of rotatable bonds is 5. The van der Waals surface area contributed by atoms with Crippen molar-refractivity contribution < 1.29 is 14.8 Å². The number of aromatic hydroxyl groups is 1. The Labute approximate surface area is 186 Å². The van der Waals surface area contributed by atoms with E-state index in [0.717, 1.165) is 37.9 Å². The number of phenolic OH excluding ortho intramolecular Hbond substituents is 1. The summed E-state index contributed by atoms with van der Waals surface area (Å²) in [5.41, 5.74) is 1.94. The third-order valence-electron chi connectivity index (χ3n) is 5.29. The highest BCUT2D eigenvalue weighted by molar-refractivity contribution is 7.80. The molecule has 0 aromatic heterocycles. The lowest BCUT2D eigenvalue weighted by Gasteiger charge is -2.28. The number of hydrogen-bond acceptors (Lipinski definition) is 6. The summed E-state index contributed by atoms with van der Waals surface area (Å²) in [6.07, 6.45) is 3.10. The molecule has 2 aromatic rings. The quantitative estimate of drug-likeness (QED) is 0.270. The van der Waals surface area contributed by atoms with Crippen molar-refractivity contribution in [2.24, 2.45) is 0 Å². The Bertz CT molecular complexity index is 1000. The average molecular weight is 443 g/mol. The van der Waals surface area contributed by atoms with Gasteiger partial charge in [-0.1, -0.05) is 19.9 Å². The lowest BCUT2D eigenvalue weighted by Crippen LogP contribution is -2.34. The van der Waals surface area contributed by atoms with Crippen molar-refractivity contribution in [2.45, 2.75) is 39.0 Å². The van der Waals surface area contributed by atoms with Gasteiger partial charge in [-0.05, 0) is 67.2 Å². The zero-order valence-corrected chi connectivity index (χ0v) is 18.4. The van der Waals surface area contributed by atoms with Crippen LogP contribution >= 0.6 is 12.2 Å². The summed E-state index contributed by atoms with van der Waals surface area (Å²) in [6.45, 7) is 5.58. The van der Waals surface area contributed by atoms with E-state index in [1.54, 1.807) is 24.3 Å². The molecule has 1 heterocycles. The van der Waals surface area contributed by atoms with Gasteiger partial charge in [0, 0.05) is 24.7 Å². The molecule has 1 fully saturated rings. The molecule has 1 amide bonds. The number of nitrogens with one attached hydrogen (secondary N) is 2. The molecule has 0 saturated carbocycles. The molecule has 3 rings (SSSR count). The molecule has 9 heteroatoms. The van der Waals surface area contributed by atoms with Crippen LogP contribution in [-0.4, -0.2) is 34.1 Å². The molecule has 164 valence electrons. The van der Waals surface area contributed by atoms with E-state index in [0.29, 0.717) is 11.4 Å². The van der Waals surface area contributed by atoms with Crippen LogP contribution < -0.4 is 15.5 Å². The predicted octanol–water partition coefficient (Wildman–Crippen LogP) is 4.54. The molecular weight excluding hydrogens is 416 g/mol. The molecule has 2 aromatic carbocycles. The Morgan fingerprint density at radius 3 is 2.52 bits per heavy atom. The van der Waals surface area contributed by atoms with Gasteiger partial charge in [0.05, 0.1) is 10.6 Å². The van der Waals surface area contributed by atoms with Crippen molar-refractivity contribution in [3.63, 3.8) is 0 Å². The van der Waals surface area contributed by atoms with Gasteiger partial charge in [0.1, 0.15) is 11.4 Å². The third kappa shape index (κ3) is 5.49. The topological polar surface area (TPSA) is 108 Å². The number of amides is 1. The van der Waals surface area contributed by atoms with E-state index in [1.165, 1.54) is 6.07 Å². The van der Waals surface area contributed by atoms with Gasteiger partial charge in [-0.15, -0.1) is 0 Å². The molecular formula is C22H26N4O4S. The highest BCUT2D eigenvalue weighted by atomic mass is 32.1. The molecule has 0 bridgehead atoms. The van der Waals surface area contributed by atoms with Crippen LogP contribution in [0.4, 0.5) is 17.1 Å². The van der Waals surface area contributed by atoms with Crippen LogP contribution in [0.2, 0.25) is 0 Å². The van der Waals surface area contributed by atoms with E-state index >= 15 is 0 Å². The lowest BCUT2D eigenvalue weighted by atomic mass is 10.0. The molecule has 31 heavy (non-hydrogen) atoms. The van der Waals surface area contributed by atoms with Gasteiger partial charge >= 0.3 is 0 Å². The van der Waals surface area contributed by atoms with E-state index in [9.17, 15) is 20.0 Å². The van der Waals surface area contributed by atoms with Crippen molar-refractivity contribution in [2.75, 3.05) is 23.3 Å². The second-order valence-corrected chi connectivity index (χ2v) is 8.26. The Hall–Kier alpha value is -3.20. The lowest BCUT2D eigenvalue weighted by molar-refractivity contribution is -0.384. The van der Waals surface area contributed by atoms with Gasteiger partial charge in [-0.25, -0.2) is 0 Å². The van der Waals surface area contributed by atoms with Crippen LogP contribution in [0.25, 0.3) is 0 Å². The van der Waals surface area contributed by atoms with E-state index in [1.807, 2.05) is 24.8 Å². The second kappa shape index (κ2) is 9.74. The zero-order valence-electron chi connectivity index (χ0n) is 17.6. The number of thiocarbonyl (C=S) groups is 1. The monoisotopic (exact) mass is 442 g/mol. The molecule has 0 aliphatic carbocycles. The number of anilines is 2. The van der Waals surface area contributed by atoms with Gasteiger partial charge in [0.2, 0.25) is 0 Å². The number of phenols is 1. The molecule has 3 N–H and O–H groups in total. The van der Waals surface area contributed by atoms with Crippen molar-refractivity contribution in [1.29, 1.82) is 0 Å². The van der Waals surface area contributed by atoms with E-state index in [-0.39, 0.29) is 28.0 Å². The molecule has 8 nitrogen and oxygen atoms in total. The van der Waals surface area contributed by atoms with Crippen LogP contribution in [0.1, 0.15) is 54.9 Å². The van der Waals surface area contributed by atoms with E-state index in [4.69, 9.17) is 12.2 Å². The van der Waals surface area contributed by atoms with Gasteiger partial charge < -0.3 is 15.3 Å². The summed E-state index contributed by atoms with van der Waals surface area (Å²) >= 11 is 5.20. The summed E-state index contributed by atoms with van der Waals surface area (Å²) in [4.78, 5) is 25.8. The Kier molecular flexibility index (Phi) is 7.06. The number of hydrogen-bond donors (Lipinski definition) is 3. The highest BCUT2D eigenvalue weighted by Gasteiger charge is 2.23. The molecule has 0 radical (unpaired) electrons. The van der Waals surface area contributed by atoms with Crippen LogP contribution in [0.5, 0.6) is 5.75 Å². The fourth-order valence-corrected chi connectivity index (χ4v) is 3.76. The SMILES string of the molecule is CC(C)c1ccc(O)c(NC(=S)NC(=O)c2ccc(N3CCCCC3)c([N+](=O)[O-])c2)c1. The minimum absolute atomic E-state index is 0.00233. The maximum absolute atomic E-state index is 12.6. The first-order chi connectivity index (χ1) is 14.8. The standard InChI is InChI=1S/C22H26N4O4S/c1-14(2)15-7-9-20(27)17(12-15)23-22(31)24-21(28)16-6-8-18(19(13-16)26(29)30)25-10-4-3-5-11-25/h6-9,12-14,27H,3-5,10-11H2,1-2H3,(H2,23,24,28,31). The number of carbonyl (C=O) groups excluding carboxylic acids is 1. The number of nitro benzene ring substituents is 1. The highest BCUT2D eigenvalue weighted by Crippen LogP contribution is 2.31. The summed E-state index contributed by atoms with van der Waals surface area (Å²) in [7, 11) is 0. The van der Waals surface area contributed by atoms with E-state index in [2.05, 4.69) is 10.6 Å². The first-order valence-corrected chi connectivity index (χ1v) is 10.7. The fraction of sp³-hybridized carbons (Fsp3) is 0.364. The number of nitrogens with zero attached hydrogens (tertiary/aromatic N) is 2. The number of nitro groups is 1. The molecule has 0 atom stereocenters. The minimum atomic E-state index is -0.565. The van der Waals surface area contributed by atoms with Crippen LogP contribution in [-0.2, 0) is 0 Å². The normalized spacial score (nSPS) is 13.7. The van der Waals surface area contributed by atoms with E-state index < -0.39 is 10.8 Å². The first-order valence-electron chi connectivity index (χ1n) is 10.2. The third-order valence-corrected chi connectivity index (χ3v) is 5.50. The molecule has 0 unspecified atom stereocenters. The largest absolute Gasteiger partial charge is 0.506 e. The smallest absolute Gasteiger partial charge is 0.293 e. The maximum Gasteiger partial charge on any atom is 0.293 e. The number of carbonyl (C=O) groups is 1. The predicted molar refractivity (Wildman–Crippen MR) is 125 cm³/mol. The average Bonchev–Trinajstić information content (AvgIpc) is 2.75. The molecule has 0 spiro atoms. The summed E-state index contributed by atoms with van der Waals surface area (Å²) in [6, 6.07) is 9.59. The second-order valence-electron chi connectivity index (χ2n) is 7.85. The van der Waals surface area contributed by atoms with Gasteiger partial charge in [0.25, 0.3) is 11.6 Å². The minimum Gasteiger partial charge on any atom is -0.506 e. The Morgan fingerprint density at radius 1 is 1.16 bits per heavy atom. The van der Waals surface area contributed by atoms with Crippen LogP contribution in [0, 0.1) is 10.1 Å². The van der Waals surface area contributed by atoms with Crippen molar-refractivity contribution in [3.8, 4) is 5.75 Å². The Balaban J connectivity index is 1.74. The number of benzene rings is 2. The summed E-state index contributed by atoms with van der Waals surface area (Å²) in [5, 5.41) is 27.0. The summed E-state index contributed by atoms with van der Waals surface area (Å²) in [5.74, 6) is -0.309.